The zero-order valence-electron chi connectivity index (χ0n) is 14.4. The van der Waals surface area contributed by atoms with E-state index in [0.717, 1.165) is 25.7 Å². The topological polar surface area (TPSA) is 78.9 Å². The molecule has 1 fully saturated rings. The Morgan fingerprint density at radius 2 is 1.46 bits per heavy atom. The van der Waals surface area contributed by atoms with Gasteiger partial charge in [0.2, 0.25) is 0 Å². The molecule has 6 nitrogen and oxygen atoms in total. The zero-order chi connectivity index (χ0) is 17.5. The van der Waals surface area contributed by atoms with Crippen molar-refractivity contribution in [2.24, 2.45) is 23.7 Å². The summed E-state index contributed by atoms with van der Waals surface area (Å²) in [7, 11) is 1.35. The fraction of sp³-hybridized carbons (Fsp3) is 0.722. The number of hydrogen-bond acceptors (Lipinski definition) is 6. The van der Waals surface area contributed by atoms with E-state index < -0.39 is 11.8 Å². The first-order valence-electron chi connectivity index (χ1n) is 8.65. The molecule has 6 heteroatoms. The summed E-state index contributed by atoms with van der Waals surface area (Å²) in [6.45, 7) is 1.77. The summed E-state index contributed by atoms with van der Waals surface area (Å²) >= 11 is 0. The van der Waals surface area contributed by atoms with Crippen molar-refractivity contribution in [1.29, 1.82) is 0 Å². The molecule has 4 atom stereocenters. The standard InChI is InChI=1S/C18H26O6/c1-3-14(19)23-10-11-24-18(21)16-13-9-7-5-4-6-8-12(13)15(16)17(20)22-2/h4-5,12-13,15-16H,3,6-11H2,1-2H3/b5-4+/t12-,13-,15+,16-/m1/s1. The predicted molar refractivity (Wildman–Crippen MR) is 85.8 cm³/mol. The van der Waals surface area contributed by atoms with Gasteiger partial charge in [-0.1, -0.05) is 19.1 Å². The molecule has 0 heterocycles. The summed E-state index contributed by atoms with van der Waals surface area (Å²) in [6.07, 6.45) is 8.15. The lowest BCUT2D eigenvalue weighted by molar-refractivity contribution is -0.183. The average molecular weight is 338 g/mol. The van der Waals surface area contributed by atoms with Gasteiger partial charge in [-0.2, -0.15) is 0 Å². The fourth-order valence-corrected chi connectivity index (χ4v) is 3.80. The van der Waals surface area contributed by atoms with E-state index in [9.17, 15) is 14.4 Å². The third kappa shape index (κ3) is 4.16. The normalized spacial score (nSPS) is 29.9. The summed E-state index contributed by atoms with van der Waals surface area (Å²) in [6, 6.07) is 0. The van der Waals surface area contributed by atoms with Crippen LogP contribution in [0.2, 0.25) is 0 Å². The Morgan fingerprint density at radius 3 is 2.00 bits per heavy atom. The quantitative estimate of drug-likeness (QED) is 0.320. The van der Waals surface area contributed by atoms with Crippen LogP contribution in [0.1, 0.15) is 39.0 Å². The average Bonchev–Trinajstić information content (AvgIpc) is 2.56. The number of esters is 3. The van der Waals surface area contributed by atoms with Gasteiger partial charge in [0.05, 0.1) is 18.9 Å². The number of methoxy groups -OCH3 is 1. The molecule has 0 aromatic heterocycles. The van der Waals surface area contributed by atoms with E-state index in [2.05, 4.69) is 12.2 Å². The van der Waals surface area contributed by atoms with E-state index in [0.29, 0.717) is 0 Å². The Bertz CT molecular complexity index is 498. The number of carbonyl (C=O) groups excluding carboxylic acids is 3. The monoisotopic (exact) mass is 338 g/mol. The van der Waals surface area contributed by atoms with Crippen LogP contribution in [0.25, 0.3) is 0 Å². The van der Waals surface area contributed by atoms with Gasteiger partial charge in [0.25, 0.3) is 0 Å². The van der Waals surface area contributed by atoms with E-state index in [1.54, 1.807) is 6.92 Å². The van der Waals surface area contributed by atoms with Crippen LogP contribution >= 0.6 is 0 Å². The van der Waals surface area contributed by atoms with Crippen molar-refractivity contribution in [3.8, 4) is 0 Å². The lowest BCUT2D eigenvalue weighted by Crippen LogP contribution is -2.55. The van der Waals surface area contributed by atoms with Crippen molar-refractivity contribution in [1.82, 2.24) is 0 Å². The van der Waals surface area contributed by atoms with E-state index in [1.165, 1.54) is 7.11 Å². The summed E-state index contributed by atoms with van der Waals surface area (Å²) in [5, 5.41) is 0. The number of rotatable bonds is 6. The molecule has 2 rings (SSSR count). The molecule has 0 bridgehead atoms. The van der Waals surface area contributed by atoms with Crippen LogP contribution in [0.3, 0.4) is 0 Å². The summed E-state index contributed by atoms with van der Waals surface area (Å²) in [4.78, 5) is 35.6. The Labute approximate surface area is 142 Å². The second kappa shape index (κ2) is 8.85. The smallest absolute Gasteiger partial charge is 0.310 e. The maximum atomic E-state index is 12.4. The molecule has 0 aliphatic heterocycles. The molecule has 2 aliphatic carbocycles. The molecule has 2 aliphatic rings. The van der Waals surface area contributed by atoms with Crippen LogP contribution in [0.4, 0.5) is 0 Å². The van der Waals surface area contributed by atoms with Gasteiger partial charge in [0.15, 0.2) is 0 Å². The van der Waals surface area contributed by atoms with Crippen LogP contribution < -0.4 is 0 Å². The van der Waals surface area contributed by atoms with Gasteiger partial charge in [-0.05, 0) is 37.5 Å². The van der Waals surface area contributed by atoms with Gasteiger partial charge in [-0.3, -0.25) is 14.4 Å². The zero-order valence-corrected chi connectivity index (χ0v) is 14.4. The van der Waals surface area contributed by atoms with Crippen molar-refractivity contribution in [2.45, 2.75) is 39.0 Å². The number of ether oxygens (including phenoxy) is 3. The van der Waals surface area contributed by atoms with E-state index >= 15 is 0 Å². The third-order valence-electron chi connectivity index (χ3n) is 4.98. The van der Waals surface area contributed by atoms with Gasteiger partial charge < -0.3 is 14.2 Å². The Hall–Kier alpha value is -1.85. The van der Waals surface area contributed by atoms with E-state index in [-0.39, 0.29) is 49.4 Å². The molecule has 0 saturated heterocycles. The molecule has 0 amide bonds. The first kappa shape index (κ1) is 18.5. The minimum atomic E-state index is -0.448. The predicted octanol–water partition coefficient (Wildman–Crippen LogP) is 2.26. The minimum Gasteiger partial charge on any atom is -0.469 e. The summed E-state index contributed by atoms with van der Waals surface area (Å²) in [5.74, 6) is -1.58. The highest BCUT2D eigenvalue weighted by atomic mass is 16.6. The number of fused-ring (bicyclic) bond motifs is 1. The van der Waals surface area contributed by atoms with Gasteiger partial charge in [0.1, 0.15) is 13.2 Å². The van der Waals surface area contributed by atoms with Crippen molar-refractivity contribution in [3.63, 3.8) is 0 Å². The lowest BCUT2D eigenvalue weighted by Gasteiger charge is -2.49. The molecule has 1 saturated carbocycles. The molecule has 24 heavy (non-hydrogen) atoms. The highest BCUT2D eigenvalue weighted by molar-refractivity contribution is 5.84. The first-order valence-corrected chi connectivity index (χ1v) is 8.65. The number of allylic oxidation sites excluding steroid dienone is 2. The largest absolute Gasteiger partial charge is 0.469 e. The van der Waals surface area contributed by atoms with Crippen LogP contribution in [-0.4, -0.2) is 38.2 Å². The van der Waals surface area contributed by atoms with E-state index in [4.69, 9.17) is 14.2 Å². The number of carbonyl (C=O) groups is 3. The van der Waals surface area contributed by atoms with Crippen molar-refractivity contribution < 1.29 is 28.6 Å². The van der Waals surface area contributed by atoms with Gasteiger partial charge in [-0.15, -0.1) is 0 Å². The highest BCUT2D eigenvalue weighted by Gasteiger charge is 2.57. The summed E-state index contributed by atoms with van der Waals surface area (Å²) in [5.41, 5.74) is 0. The highest BCUT2D eigenvalue weighted by Crippen LogP contribution is 2.52. The second-order valence-corrected chi connectivity index (χ2v) is 6.27. The fourth-order valence-electron chi connectivity index (χ4n) is 3.80. The molecule has 0 unspecified atom stereocenters. The molecule has 0 N–H and O–H groups in total. The van der Waals surface area contributed by atoms with Crippen molar-refractivity contribution in [3.05, 3.63) is 12.2 Å². The molecule has 0 radical (unpaired) electrons. The molecule has 0 aromatic carbocycles. The Kier molecular flexibility index (Phi) is 6.82. The molecule has 0 spiro atoms. The maximum absolute atomic E-state index is 12.4. The summed E-state index contributed by atoms with van der Waals surface area (Å²) < 4.78 is 15.0. The Morgan fingerprint density at radius 1 is 0.917 bits per heavy atom. The van der Waals surface area contributed by atoms with Crippen LogP contribution in [-0.2, 0) is 28.6 Å². The molecule has 134 valence electrons. The van der Waals surface area contributed by atoms with Crippen LogP contribution in [0, 0.1) is 23.7 Å². The maximum Gasteiger partial charge on any atom is 0.310 e. The molecule has 0 aromatic rings. The number of hydrogen-bond donors (Lipinski definition) is 0. The first-order chi connectivity index (χ1) is 11.6. The molecular weight excluding hydrogens is 312 g/mol. The van der Waals surface area contributed by atoms with Gasteiger partial charge in [0, 0.05) is 6.42 Å². The van der Waals surface area contributed by atoms with Crippen LogP contribution in [0.5, 0.6) is 0 Å². The Balaban J connectivity index is 1.94. The van der Waals surface area contributed by atoms with Gasteiger partial charge in [-0.25, -0.2) is 0 Å². The SMILES string of the molecule is CCC(=O)OCCOC(=O)[C@@H]1[C@@H]2CC/C=C/CC[C@H]2[C@@H]1C(=O)OC. The molecular formula is C18H26O6. The van der Waals surface area contributed by atoms with Crippen LogP contribution in [0.15, 0.2) is 12.2 Å². The third-order valence-corrected chi connectivity index (χ3v) is 4.98. The van der Waals surface area contributed by atoms with E-state index in [1.807, 2.05) is 0 Å². The second-order valence-electron chi connectivity index (χ2n) is 6.27. The lowest BCUT2D eigenvalue weighted by atomic mass is 9.53. The minimum absolute atomic E-state index is 0.0201. The van der Waals surface area contributed by atoms with Crippen molar-refractivity contribution >= 4 is 17.9 Å². The van der Waals surface area contributed by atoms with Gasteiger partial charge >= 0.3 is 17.9 Å². The van der Waals surface area contributed by atoms with Crippen molar-refractivity contribution in [2.75, 3.05) is 20.3 Å².